The molecule has 0 aliphatic rings. The lowest BCUT2D eigenvalue weighted by atomic mass is 10.0. The number of alkyl halides is 4. The predicted octanol–water partition coefficient (Wildman–Crippen LogP) is 1.76. The maximum absolute atomic E-state index is 13.1. The fraction of sp³-hybridized carbons (Fsp3) is 0.300. The largest absolute Gasteiger partial charge is 0.326 e. The van der Waals surface area contributed by atoms with E-state index in [9.17, 15) is 22.4 Å². The average molecular weight is 263 g/mol. The molecular formula is C10H9F4N3O. The highest BCUT2D eigenvalue weighted by atomic mass is 19.3. The van der Waals surface area contributed by atoms with Gasteiger partial charge in [0.2, 0.25) is 0 Å². The van der Waals surface area contributed by atoms with Crippen LogP contribution in [0.15, 0.2) is 23.0 Å². The van der Waals surface area contributed by atoms with Gasteiger partial charge in [0.1, 0.15) is 6.04 Å². The van der Waals surface area contributed by atoms with E-state index in [1.165, 1.54) is 12.1 Å². The summed E-state index contributed by atoms with van der Waals surface area (Å²) in [4.78, 5) is 15.7. The minimum Gasteiger partial charge on any atom is -0.319 e. The van der Waals surface area contributed by atoms with Crippen molar-refractivity contribution in [3.8, 4) is 0 Å². The predicted molar refractivity (Wildman–Crippen MR) is 56.8 cm³/mol. The third kappa shape index (κ3) is 1.99. The van der Waals surface area contributed by atoms with Crippen molar-refractivity contribution in [2.24, 2.45) is 5.73 Å². The average Bonchev–Trinajstić information content (AvgIpc) is 2.66. The van der Waals surface area contributed by atoms with Crippen LogP contribution in [0.2, 0.25) is 0 Å². The molecule has 1 atom stereocenters. The van der Waals surface area contributed by atoms with Crippen LogP contribution in [-0.2, 0) is 0 Å². The molecule has 2 aromatic rings. The van der Waals surface area contributed by atoms with Crippen LogP contribution in [0.3, 0.4) is 0 Å². The normalized spacial score (nSPS) is 14.3. The molecule has 8 heteroatoms. The van der Waals surface area contributed by atoms with Gasteiger partial charge in [0, 0.05) is 0 Å². The molecular weight excluding hydrogens is 254 g/mol. The quantitative estimate of drug-likeness (QED) is 0.738. The van der Waals surface area contributed by atoms with Crippen LogP contribution in [-0.4, -0.2) is 22.3 Å². The number of halogens is 4. The van der Waals surface area contributed by atoms with Crippen molar-refractivity contribution < 1.29 is 17.6 Å². The van der Waals surface area contributed by atoms with Gasteiger partial charge in [0.05, 0.1) is 11.0 Å². The number of aromatic nitrogens is 2. The molecule has 0 amide bonds. The highest BCUT2D eigenvalue weighted by Gasteiger charge is 2.47. The minimum atomic E-state index is -4.33. The van der Waals surface area contributed by atoms with Crippen molar-refractivity contribution in [3.05, 3.63) is 34.2 Å². The molecule has 0 aliphatic heterocycles. The number of rotatable bonds is 3. The summed E-state index contributed by atoms with van der Waals surface area (Å²) >= 11 is 0. The smallest absolute Gasteiger partial charge is 0.319 e. The van der Waals surface area contributed by atoms with E-state index in [0.29, 0.717) is 5.52 Å². The fourth-order valence-corrected chi connectivity index (χ4v) is 1.60. The minimum absolute atomic E-state index is 0.178. The summed E-state index contributed by atoms with van der Waals surface area (Å²) in [7, 11) is 0. The maximum Gasteiger partial charge on any atom is 0.326 e. The third-order valence-corrected chi connectivity index (χ3v) is 2.60. The molecule has 98 valence electrons. The van der Waals surface area contributed by atoms with Gasteiger partial charge in [-0.15, -0.1) is 0 Å². The Hall–Kier alpha value is -1.83. The first-order chi connectivity index (χ1) is 8.32. The van der Waals surface area contributed by atoms with Gasteiger partial charge >= 0.3 is 18.0 Å². The van der Waals surface area contributed by atoms with E-state index in [1.807, 2.05) is 0 Å². The number of H-pyrrole nitrogens is 2. The van der Waals surface area contributed by atoms with Crippen molar-refractivity contribution >= 4 is 11.0 Å². The number of aromatic amines is 2. The highest BCUT2D eigenvalue weighted by Crippen LogP contribution is 2.35. The Balaban J connectivity index is 2.44. The summed E-state index contributed by atoms with van der Waals surface area (Å²) in [5.74, 6) is -4.33. The van der Waals surface area contributed by atoms with Gasteiger partial charge in [-0.05, 0) is 17.7 Å². The van der Waals surface area contributed by atoms with Gasteiger partial charge < -0.3 is 15.7 Å². The zero-order chi connectivity index (χ0) is 13.5. The molecule has 4 N–H and O–H groups in total. The molecule has 0 spiro atoms. The molecule has 0 bridgehead atoms. The Morgan fingerprint density at radius 3 is 2.39 bits per heavy atom. The van der Waals surface area contributed by atoms with Crippen LogP contribution >= 0.6 is 0 Å². The van der Waals surface area contributed by atoms with E-state index in [4.69, 9.17) is 5.73 Å². The molecule has 4 nitrogen and oxygen atoms in total. The molecule has 1 unspecified atom stereocenters. The van der Waals surface area contributed by atoms with Gasteiger partial charge in [-0.2, -0.15) is 8.78 Å². The molecule has 0 saturated carbocycles. The second-order valence-electron chi connectivity index (χ2n) is 3.84. The van der Waals surface area contributed by atoms with Gasteiger partial charge in [-0.3, -0.25) is 0 Å². The monoisotopic (exact) mass is 263 g/mol. The molecule has 18 heavy (non-hydrogen) atoms. The molecule has 1 heterocycles. The van der Waals surface area contributed by atoms with Crippen molar-refractivity contribution in [3.63, 3.8) is 0 Å². The van der Waals surface area contributed by atoms with Gasteiger partial charge in [0.15, 0.2) is 0 Å². The number of hydrogen-bond donors (Lipinski definition) is 3. The van der Waals surface area contributed by atoms with Gasteiger partial charge in [-0.1, -0.05) is 6.07 Å². The highest BCUT2D eigenvalue weighted by molar-refractivity contribution is 5.75. The number of nitrogens with one attached hydrogen (secondary N) is 2. The third-order valence-electron chi connectivity index (χ3n) is 2.60. The lowest BCUT2D eigenvalue weighted by Gasteiger charge is -2.22. The van der Waals surface area contributed by atoms with Crippen molar-refractivity contribution in [1.29, 1.82) is 0 Å². The van der Waals surface area contributed by atoms with Crippen LogP contribution < -0.4 is 11.4 Å². The first-order valence-corrected chi connectivity index (χ1v) is 4.96. The van der Waals surface area contributed by atoms with Gasteiger partial charge in [-0.25, -0.2) is 13.6 Å². The molecule has 0 saturated heterocycles. The number of hydrogen-bond acceptors (Lipinski definition) is 2. The standard InChI is InChI=1S/C10H9F4N3O/c11-8(12)10(13,14)7(15)4-1-2-5-6(3-4)17-9(18)16-5/h1-3,7-8H,15H2,(H2,16,17,18). The van der Waals surface area contributed by atoms with Crippen LogP contribution in [0.4, 0.5) is 17.6 Å². The summed E-state index contributed by atoms with van der Waals surface area (Å²) < 4.78 is 50.5. The molecule has 0 fully saturated rings. The van der Waals surface area contributed by atoms with Crippen molar-refractivity contribution in [2.45, 2.75) is 18.4 Å². The summed E-state index contributed by atoms with van der Waals surface area (Å²) in [6.45, 7) is 0. The van der Waals surface area contributed by atoms with Crippen LogP contribution in [0.5, 0.6) is 0 Å². The first kappa shape index (κ1) is 12.6. The summed E-state index contributed by atoms with van der Waals surface area (Å²) in [6.07, 6.45) is -3.85. The van der Waals surface area contributed by atoms with Crippen molar-refractivity contribution in [1.82, 2.24) is 9.97 Å². The molecule has 1 aromatic heterocycles. The summed E-state index contributed by atoms with van der Waals surface area (Å²) in [6, 6.07) is 1.51. The summed E-state index contributed by atoms with van der Waals surface area (Å²) in [5, 5.41) is 0. The summed E-state index contributed by atoms with van der Waals surface area (Å²) in [5.41, 5.74) is 5.06. The topological polar surface area (TPSA) is 74.7 Å². The first-order valence-electron chi connectivity index (χ1n) is 4.96. The Bertz CT molecular complexity index is 619. The van der Waals surface area contributed by atoms with Crippen LogP contribution in [0, 0.1) is 0 Å². The van der Waals surface area contributed by atoms with E-state index in [1.54, 1.807) is 0 Å². The number of nitrogens with two attached hydrogens (primary N) is 1. The molecule has 2 rings (SSSR count). The van der Waals surface area contributed by atoms with Crippen molar-refractivity contribution in [2.75, 3.05) is 0 Å². The Morgan fingerprint density at radius 2 is 1.78 bits per heavy atom. The van der Waals surface area contributed by atoms with Crippen LogP contribution in [0.1, 0.15) is 11.6 Å². The zero-order valence-electron chi connectivity index (χ0n) is 8.88. The number of benzene rings is 1. The zero-order valence-corrected chi connectivity index (χ0v) is 8.88. The van der Waals surface area contributed by atoms with E-state index in [0.717, 1.165) is 6.07 Å². The Morgan fingerprint density at radius 1 is 1.17 bits per heavy atom. The Labute approximate surface area is 97.8 Å². The fourth-order valence-electron chi connectivity index (χ4n) is 1.60. The molecule has 0 radical (unpaired) electrons. The maximum atomic E-state index is 13.1. The second kappa shape index (κ2) is 4.13. The van der Waals surface area contributed by atoms with E-state index in [-0.39, 0.29) is 11.1 Å². The molecule has 1 aromatic carbocycles. The van der Waals surface area contributed by atoms with Gasteiger partial charge in [0.25, 0.3) is 0 Å². The number of fused-ring (bicyclic) bond motifs is 1. The number of imidazole rings is 1. The van der Waals surface area contributed by atoms with Crippen LogP contribution in [0.25, 0.3) is 11.0 Å². The van der Waals surface area contributed by atoms with E-state index >= 15 is 0 Å². The lowest BCUT2D eigenvalue weighted by molar-refractivity contribution is -0.144. The lowest BCUT2D eigenvalue weighted by Crippen LogP contribution is -2.39. The van der Waals surface area contributed by atoms with E-state index < -0.39 is 24.1 Å². The molecule has 0 aliphatic carbocycles. The van der Waals surface area contributed by atoms with E-state index in [2.05, 4.69) is 9.97 Å². The SMILES string of the molecule is NC(c1ccc2[nH]c(=O)[nH]c2c1)C(F)(F)C(F)F. The second-order valence-corrected chi connectivity index (χ2v) is 3.84. The Kier molecular flexibility index (Phi) is 2.89.